The first-order valence-corrected chi connectivity index (χ1v) is 7.54. The van der Waals surface area contributed by atoms with Crippen molar-refractivity contribution in [2.75, 3.05) is 6.61 Å². The van der Waals surface area contributed by atoms with E-state index in [-0.39, 0.29) is 17.4 Å². The molecule has 2 aromatic rings. The molecule has 116 valence electrons. The summed E-state index contributed by atoms with van der Waals surface area (Å²) in [7, 11) is 0. The Bertz CT molecular complexity index is 520. The Balaban J connectivity index is 0.000000677. The Morgan fingerprint density at radius 2 is 1.81 bits per heavy atom. The van der Waals surface area contributed by atoms with E-state index in [1.54, 1.807) is 6.92 Å². The monoisotopic (exact) mass is 309 g/mol. The van der Waals surface area contributed by atoms with E-state index in [9.17, 15) is 0 Å². The number of nitrogens with one attached hydrogen (secondary N) is 1. The number of nitrogens with zero attached hydrogens (tertiary/aromatic N) is 2. The first-order valence-electron chi connectivity index (χ1n) is 7.10. The molecule has 0 amide bonds. The number of hydrogen-bond acceptors (Lipinski definition) is 3. The van der Waals surface area contributed by atoms with Gasteiger partial charge in [-0.1, -0.05) is 56.3 Å². The maximum Gasteiger partial charge on any atom is 0.0925 e. The smallest absolute Gasteiger partial charge is 0.0925 e. The van der Waals surface area contributed by atoms with E-state index in [2.05, 4.69) is 48.3 Å². The molecule has 4 nitrogen and oxygen atoms in total. The molecule has 0 aliphatic carbocycles. The maximum absolute atomic E-state index is 7.57. The number of aliphatic hydroxyl groups is 1. The topological polar surface area (TPSA) is 61.8 Å². The quantitative estimate of drug-likeness (QED) is 0.851. The van der Waals surface area contributed by atoms with Gasteiger partial charge in [0.25, 0.3) is 0 Å². The van der Waals surface area contributed by atoms with Crippen molar-refractivity contribution in [3.63, 3.8) is 0 Å². The van der Waals surface area contributed by atoms with Gasteiger partial charge in [-0.25, -0.2) is 0 Å². The fourth-order valence-electron chi connectivity index (χ4n) is 1.93. The van der Waals surface area contributed by atoms with Crippen molar-refractivity contribution < 1.29 is 5.11 Å². The van der Waals surface area contributed by atoms with Crippen LogP contribution < -0.4 is 0 Å². The minimum Gasteiger partial charge on any atom is -0.397 e. The Morgan fingerprint density at radius 1 is 1.24 bits per heavy atom. The summed E-state index contributed by atoms with van der Waals surface area (Å²) in [5, 5.41) is 18.4. The van der Waals surface area contributed by atoms with E-state index < -0.39 is 0 Å². The van der Waals surface area contributed by atoms with Crippen molar-refractivity contribution in [3.8, 4) is 0 Å². The zero-order valence-corrected chi connectivity index (χ0v) is 13.9. The minimum atomic E-state index is -0.128. The lowest BCUT2D eigenvalue weighted by Crippen LogP contribution is -2.15. The van der Waals surface area contributed by atoms with E-state index >= 15 is 0 Å². The Hall–Kier alpha value is -1.39. The highest BCUT2D eigenvalue weighted by atomic mass is 35.5. The van der Waals surface area contributed by atoms with Crippen molar-refractivity contribution in [2.45, 2.75) is 44.9 Å². The highest BCUT2D eigenvalue weighted by molar-refractivity contribution is 6.20. The lowest BCUT2D eigenvalue weighted by molar-refractivity contribution is 0.318. The van der Waals surface area contributed by atoms with E-state index in [4.69, 9.17) is 16.7 Å². The van der Waals surface area contributed by atoms with Crippen molar-refractivity contribution in [3.05, 3.63) is 47.3 Å². The van der Waals surface area contributed by atoms with Gasteiger partial charge in [-0.2, -0.15) is 0 Å². The molecule has 21 heavy (non-hydrogen) atoms. The van der Waals surface area contributed by atoms with E-state index in [1.165, 1.54) is 5.56 Å². The maximum atomic E-state index is 7.57. The molecule has 1 aromatic carbocycles. The zero-order chi connectivity index (χ0) is 15.9. The van der Waals surface area contributed by atoms with Crippen LogP contribution >= 0.6 is 11.6 Å². The summed E-state index contributed by atoms with van der Waals surface area (Å²) >= 11 is 6.48. The van der Waals surface area contributed by atoms with Crippen LogP contribution in [0.3, 0.4) is 0 Å². The average molecular weight is 310 g/mol. The number of H-pyrrole nitrogens is 1. The van der Waals surface area contributed by atoms with Gasteiger partial charge in [0.15, 0.2) is 0 Å². The standard InChI is InChI=1S/C14H18ClN3.C2H6O/c1-14(2,3)13-12(16-18-17-13)11(15)9-10-7-5-4-6-8-10;1-2-3/h4-8,11H,9H2,1-3H3,(H,16,17,18);3H,2H2,1H3. The molecule has 0 aliphatic rings. The van der Waals surface area contributed by atoms with Crippen LogP contribution in [0, 0.1) is 0 Å². The molecule has 1 aromatic heterocycles. The predicted octanol–water partition coefficient (Wildman–Crippen LogP) is 3.62. The third kappa shape index (κ3) is 5.48. The number of aliphatic hydroxyl groups excluding tert-OH is 1. The van der Waals surface area contributed by atoms with Crippen molar-refractivity contribution in [2.24, 2.45) is 0 Å². The number of alkyl halides is 1. The third-order valence-electron chi connectivity index (χ3n) is 2.86. The summed E-state index contributed by atoms with van der Waals surface area (Å²) in [6.07, 6.45) is 0.773. The lowest BCUT2D eigenvalue weighted by atomic mass is 9.89. The van der Waals surface area contributed by atoms with Gasteiger partial charge in [0.2, 0.25) is 0 Å². The molecule has 0 radical (unpaired) electrons. The number of benzene rings is 1. The third-order valence-corrected chi connectivity index (χ3v) is 3.23. The molecular weight excluding hydrogens is 286 g/mol. The summed E-state index contributed by atoms with van der Waals surface area (Å²) < 4.78 is 0. The minimum absolute atomic E-state index is 0.0494. The zero-order valence-electron chi connectivity index (χ0n) is 13.1. The van der Waals surface area contributed by atoms with Crippen molar-refractivity contribution in [1.29, 1.82) is 0 Å². The van der Waals surface area contributed by atoms with Gasteiger partial charge in [-0.3, -0.25) is 5.10 Å². The van der Waals surface area contributed by atoms with Crippen LogP contribution in [0.15, 0.2) is 30.3 Å². The van der Waals surface area contributed by atoms with Crippen LogP contribution in [0.4, 0.5) is 0 Å². The second-order valence-corrected chi connectivity index (χ2v) is 6.32. The molecule has 1 unspecified atom stereocenters. The van der Waals surface area contributed by atoms with E-state index in [0.29, 0.717) is 0 Å². The second-order valence-electron chi connectivity index (χ2n) is 5.80. The number of hydrogen-bond donors (Lipinski definition) is 2. The largest absolute Gasteiger partial charge is 0.397 e. The van der Waals surface area contributed by atoms with Crippen LogP contribution in [0.25, 0.3) is 0 Å². The normalized spacial score (nSPS) is 12.5. The Morgan fingerprint density at radius 3 is 2.33 bits per heavy atom. The second kappa shape index (κ2) is 8.15. The Kier molecular flexibility index (Phi) is 6.85. The van der Waals surface area contributed by atoms with Gasteiger partial charge in [0, 0.05) is 12.0 Å². The predicted molar refractivity (Wildman–Crippen MR) is 86.6 cm³/mol. The first kappa shape index (κ1) is 17.7. The fourth-order valence-corrected chi connectivity index (χ4v) is 2.26. The van der Waals surface area contributed by atoms with Gasteiger partial charge in [0.1, 0.15) is 0 Å². The molecule has 0 saturated carbocycles. The summed E-state index contributed by atoms with van der Waals surface area (Å²) in [5.74, 6) is 0. The average Bonchev–Trinajstić information content (AvgIpc) is 2.90. The molecule has 0 bridgehead atoms. The highest BCUT2D eigenvalue weighted by Gasteiger charge is 2.25. The molecule has 0 fully saturated rings. The van der Waals surface area contributed by atoms with Gasteiger partial charge >= 0.3 is 0 Å². The summed E-state index contributed by atoms with van der Waals surface area (Å²) in [4.78, 5) is 0. The molecular formula is C16H24ClN3O. The summed E-state index contributed by atoms with van der Waals surface area (Å²) in [6, 6.07) is 10.2. The number of aromatic nitrogens is 3. The summed E-state index contributed by atoms with van der Waals surface area (Å²) in [5.41, 5.74) is 3.03. The number of aromatic amines is 1. The molecule has 0 saturated heterocycles. The van der Waals surface area contributed by atoms with Crippen molar-refractivity contribution >= 4 is 11.6 Å². The van der Waals surface area contributed by atoms with Gasteiger partial charge in [-0.05, 0) is 18.9 Å². The van der Waals surface area contributed by atoms with Gasteiger partial charge in [0.05, 0.1) is 16.8 Å². The molecule has 2 N–H and O–H groups in total. The summed E-state index contributed by atoms with van der Waals surface area (Å²) in [6.45, 7) is 8.27. The SMILES string of the molecule is CC(C)(C)c1nn[nH]c1C(Cl)Cc1ccccc1.CCO. The van der Waals surface area contributed by atoms with Crippen LogP contribution in [0.1, 0.15) is 50.0 Å². The van der Waals surface area contributed by atoms with E-state index in [0.717, 1.165) is 17.8 Å². The first-order chi connectivity index (χ1) is 9.90. The highest BCUT2D eigenvalue weighted by Crippen LogP contribution is 2.31. The van der Waals surface area contributed by atoms with Crippen LogP contribution in [0.2, 0.25) is 0 Å². The number of halogens is 1. The Labute approximate surface area is 131 Å². The fraction of sp³-hybridized carbons (Fsp3) is 0.500. The van der Waals surface area contributed by atoms with Gasteiger partial charge in [-0.15, -0.1) is 16.7 Å². The van der Waals surface area contributed by atoms with Crippen molar-refractivity contribution in [1.82, 2.24) is 15.4 Å². The van der Waals surface area contributed by atoms with Crippen LogP contribution in [-0.4, -0.2) is 27.1 Å². The molecule has 1 heterocycles. The molecule has 2 rings (SSSR count). The molecule has 0 spiro atoms. The van der Waals surface area contributed by atoms with E-state index in [1.807, 2.05) is 18.2 Å². The number of rotatable bonds is 3. The van der Waals surface area contributed by atoms with Crippen LogP contribution in [-0.2, 0) is 11.8 Å². The molecule has 0 aliphatic heterocycles. The van der Waals surface area contributed by atoms with Crippen LogP contribution in [0.5, 0.6) is 0 Å². The molecule has 5 heteroatoms. The lowest BCUT2D eigenvalue weighted by Gasteiger charge is -2.18. The van der Waals surface area contributed by atoms with Gasteiger partial charge < -0.3 is 5.11 Å². The molecule has 1 atom stereocenters.